The lowest BCUT2D eigenvalue weighted by molar-refractivity contribution is -0.129. The number of pyridine rings is 1. The van der Waals surface area contributed by atoms with Gasteiger partial charge in [0.15, 0.2) is 11.5 Å². The lowest BCUT2D eigenvalue weighted by atomic mass is 10.1. The number of amides is 1. The molecule has 0 aliphatic carbocycles. The number of benzene rings is 2. The zero-order valence-electron chi connectivity index (χ0n) is 23.5. The molecular formula is C31H30FN7O3. The normalized spacial score (nSPS) is 12.2. The fraction of sp³-hybridized carbons (Fsp3) is 0.226. The van der Waals surface area contributed by atoms with E-state index in [-0.39, 0.29) is 18.5 Å². The van der Waals surface area contributed by atoms with Crippen LogP contribution in [0.25, 0.3) is 28.3 Å². The van der Waals surface area contributed by atoms with Gasteiger partial charge in [0.05, 0.1) is 23.6 Å². The number of carbonyl (C=O) groups excluding carboxylic acids is 1. The topological polar surface area (TPSA) is 97.1 Å². The van der Waals surface area contributed by atoms with E-state index in [0.717, 1.165) is 28.1 Å². The van der Waals surface area contributed by atoms with Crippen molar-refractivity contribution in [1.29, 1.82) is 0 Å². The number of nitrogens with one attached hydrogen (secondary N) is 1. The van der Waals surface area contributed by atoms with Crippen LogP contribution in [-0.4, -0.2) is 69.5 Å². The van der Waals surface area contributed by atoms with Crippen molar-refractivity contribution < 1.29 is 18.7 Å². The fourth-order valence-corrected chi connectivity index (χ4v) is 4.79. The average molecular weight is 568 g/mol. The van der Waals surface area contributed by atoms with Gasteiger partial charge < -0.3 is 19.7 Å². The van der Waals surface area contributed by atoms with E-state index in [9.17, 15) is 9.18 Å². The summed E-state index contributed by atoms with van der Waals surface area (Å²) < 4.78 is 26.6. The first-order valence-corrected chi connectivity index (χ1v) is 13.5. The molecule has 42 heavy (non-hydrogen) atoms. The van der Waals surface area contributed by atoms with Crippen LogP contribution >= 0.6 is 0 Å². The summed E-state index contributed by atoms with van der Waals surface area (Å²) in [7, 11) is 5.40. The predicted molar refractivity (Wildman–Crippen MR) is 157 cm³/mol. The van der Waals surface area contributed by atoms with E-state index in [4.69, 9.17) is 19.4 Å². The number of fused-ring (bicyclic) bond motifs is 2. The molecule has 6 rings (SSSR count). The van der Waals surface area contributed by atoms with Crippen molar-refractivity contribution >= 4 is 17.5 Å². The molecule has 10 nitrogen and oxygen atoms in total. The predicted octanol–water partition coefficient (Wildman–Crippen LogP) is 4.46. The van der Waals surface area contributed by atoms with Crippen LogP contribution in [0.2, 0.25) is 0 Å². The Balaban J connectivity index is 1.32. The maximum Gasteiger partial charge on any atom is 0.236 e. The van der Waals surface area contributed by atoms with Crippen LogP contribution in [0.15, 0.2) is 73.1 Å². The molecule has 2 aromatic carbocycles. The minimum atomic E-state index is -0.321. The second-order valence-electron chi connectivity index (χ2n) is 10.3. The second kappa shape index (κ2) is 11.5. The molecular weight excluding hydrogens is 537 g/mol. The number of carbonyl (C=O) groups is 1. The molecule has 4 heterocycles. The largest absolute Gasteiger partial charge is 0.454 e. The summed E-state index contributed by atoms with van der Waals surface area (Å²) in [6.07, 6.45) is 3.65. The van der Waals surface area contributed by atoms with Crippen molar-refractivity contribution in [2.45, 2.75) is 13.1 Å². The Labute approximate surface area is 242 Å². The van der Waals surface area contributed by atoms with E-state index in [0.29, 0.717) is 48.4 Å². The van der Waals surface area contributed by atoms with Gasteiger partial charge in [0.1, 0.15) is 11.5 Å². The Hall–Kier alpha value is -5.03. The van der Waals surface area contributed by atoms with Crippen LogP contribution in [0.3, 0.4) is 0 Å². The summed E-state index contributed by atoms with van der Waals surface area (Å²) in [5.41, 5.74) is 5.57. The Morgan fingerprint density at radius 3 is 2.60 bits per heavy atom. The highest BCUT2D eigenvalue weighted by molar-refractivity contribution is 5.81. The number of ether oxygens (including phenoxy) is 2. The average Bonchev–Trinajstić information content (AvgIpc) is 3.60. The third-order valence-corrected chi connectivity index (χ3v) is 6.95. The van der Waals surface area contributed by atoms with Gasteiger partial charge in [-0.3, -0.25) is 14.1 Å². The van der Waals surface area contributed by atoms with E-state index in [1.165, 1.54) is 12.1 Å². The lowest BCUT2D eigenvalue weighted by Crippen LogP contribution is -2.34. The zero-order valence-corrected chi connectivity index (χ0v) is 23.5. The highest BCUT2D eigenvalue weighted by atomic mass is 19.1. The summed E-state index contributed by atoms with van der Waals surface area (Å²) in [5, 5.41) is 3.29. The number of likely N-dealkylation sites (N-methyl/N-ethyl adjacent to an activating group) is 2. The van der Waals surface area contributed by atoms with Crippen molar-refractivity contribution in [2.24, 2.45) is 0 Å². The number of anilines is 1. The molecule has 1 aliphatic rings. The fourth-order valence-electron chi connectivity index (χ4n) is 4.79. The van der Waals surface area contributed by atoms with Gasteiger partial charge in [0.2, 0.25) is 18.6 Å². The number of hydrogen-bond acceptors (Lipinski definition) is 8. The van der Waals surface area contributed by atoms with Gasteiger partial charge in [0, 0.05) is 45.1 Å². The summed E-state index contributed by atoms with van der Waals surface area (Å²) in [5.74, 6) is 1.61. The number of aromatic nitrogens is 4. The van der Waals surface area contributed by atoms with Gasteiger partial charge >= 0.3 is 0 Å². The van der Waals surface area contributed by atoms with Crippen molar-refractivity contribution in [3.63, 3.8) is 0 Å². The standard InChI is InChI=1S/C31H30FN7O3/c1-37(2)28(40)18-38(3)17-21-11-13-39-27(15-21)36-29(22-5-7-23(32)8-6-22)30(39)24-10-12-33-31(35-24)34-16-20-4-9-25-26(14-20)42-19-41-25/h4-15H,16-19H2,1-3H3,(H,33,34,35). The van der Waals surface area contributed by atoms with Crippen molar-refractivity contribution in [2.75, 3.05) is 39.8 Å². The van der Waals surface area contributed by atoms with Crippen LogP contribution in [0.4, 0.5) is 10.3 Å². The minimum absolute atomic E-state index is 0.0342. The number of hydrogen-bond donors (Lipinski definition) is 1. The molecule has 3 aromatic heterocycles. The van der Waals surface area contributed by atoms with Crippen LogP contribution in [0, 0.1) is 5.82 Å². The summed E-state index contributed by atoms with van der Waals surface area (Å²) in [6, 6.07) is 17.9. The molecule has 0 fully saturated rings. The summed E-state index contributed by atoms with van der Waals surface area (Å²) in [4.78, 5) is 29.9. The molecule has 0 saturated heterocycles. The number of nitrogens with zero attached hydrogens (tertiary/aromatic N) is 6. The van der Waals surface area contributed by atoms with Crippen LogP contribution in [0.1, 0.15) is 11.1 Å². The van der Waals surface area contributed by atoms with E-state index in [2.05, 4.69) is 10.3 Å². The Bertz CT molecular complexity index is 1750. The highest BCUT2D eigenvalue weighted by Crippen LogP contribution is 2.34. The lowest BCUT2D eigenvalue weighted by Gasteiger charge is -2.19. The molecule has 11 heteroatoms. The molecule has 0 bridgehead atoms. The Kier molecular flexibility index (Phi) is 7.41. The van der Waals surface area contributed by atoms with Gasteiger partial charge in [-0.15, -0.1) is 0 Å². The van der Waals surface area contributed by atoms with Gasteiger partial charge in [-0.1, -0.05) is 6.07 Å². The minimum Gasteiger partial charge on any atom is -0.454 e. The molecule has 1 amide bonds. The van der Waals surface area contributed by atoms with Crippen LogP contribution in [-0.2, 0) is 17.9 Å². The first kappa shape index (κ1) is 27.2. The monoisotopic (exact) mass is 567 g/mol. The molecule has 0 unspecified atom stereocenters. The molecule has 0 spiro atoms. The molecule has 0 atom stereocenters. The maximum atomic E-state index is 13.8. The maximum absolute atomic E-state index is 13.8. The first-order valence-electron chi connectivity index (χ1n) is 13.5. The third-order valence-electron chi connectivity index (χ3n) is 6.95. The quantitative estimate of drug-likeness (QED) is 0.279. The molecule has 214 valence electrons. The van der Waals surface area contributed by atoms with E-state index in [1.807, 2.05) is 58.9 Å². The van der Waals surface area contributed by atoms with Gasteiger partial charge in [-0.05, 0) is 72.8 Å². The van der Waals surface area contributed by atoms with Crippen molar-refractivity contribution in [3.8, 4) is 34.1 Å². The van der Waals surface area contributed by atoms with Crippen molar-refractivity contribution in [1.82, 2.24) is 29.2 Å². The zero-order chi connectivity index (χ0) is 29.2. The highest BCUT2D eigenvalue weighted by Gasteiger charge is 2.19. The Morgan fingerprint density at radius 1 is 0.976 bits per heavy atom. The molecule has 1 aliphatic heterocycles. The summed E-state index contributed by atoms with van der Waals surface area (Å²) >= 11 is 0. The molecule has 1 N–H and O–H groups in total. The van der Waals surface area contributed by atoms with Gasteiger partial charge in [-0.2, -0.15) is 0 Å². The van der Waals surface area contributed by atoms with Crippen LogP contribution < -0.4 is 14.8 Å². The van der Waals surface area contributed by atoms with E-state index in [1.54, 1.807) is 37.3 Å². The first-order chi connectivity index (χ1) is 20.3. The van der Waals surface area contributed by atoms with Gasteiger partial charge in [0.25, 0.3) is 0 Å². The number of imidazole rings is 1. The summed E-state index contributed by atoms with van der Waals surface area (Å²) in [6.45, 7) is 1.60. The smallest absolute Gasteiger partial charge is 0.236 e. The number of rotatable bonds is 9. The van der Waals surface area contributed by atoms with E-state index < -0.39 is 0 Å². The SMILES string of the molecule is CN(CC(=O)N(C)C)Cc1ccn2c(-c3ccnc(NCc4ccc5c(c4)OCO5)n3)c(-c3ccc(F)cc3)nc2c1. The van der Waals surface area contributed by atoms with Crippen molar-refractivity contribution in [3.05, 3.63) is 90.0 Å². The second-order valence-corrected chi connectivity index (χ2v) is 10.3. The Morgan fingerprint density at radius 2 is 1.79 bits per heavy atom. The molecule has 0 saturated carbocycles. The van der Waals surface area contributed by atoms with E-state index >= 15 is 0 Å². The third kappa shape index (κ3) is 5.72. The van der Waals surface area contributed by atoms with Gasteiger partial charge in [-0.25, -0.2) is 19.3 Å². The molecule has 0 radical (unpaired) electrons. The number of halogens is 1. The van der Waals surface area contributed by atoms with Crippen LogP contribution in [0.5, 0.6) is 11.5 Å². The molecule has 5 aromatic rings.